The molecule has 0 spiro atoms. The van der Waals surface area contributed by atoms with Crippen LogP contribution in [-0.4, -0.2) is 23.9 Å². The molecule has 1 atom stereocenters. The van der Waals surface area contributed by atoms with Crippen LogP contribution in [0.2, 0.25) is 0 Å². The summed E-state index contributed by atoms with van der Waals surface area (Å²) < 4.78 is 5.34. The molecule has 152 valence electrons. The number of carbonyl (C=O) groups is 1. The van der Waals surface area contributed by atoms with Crippen molar-refractivity contribution in [2.24, 2.45) is 10.7 Å². The maximum Gasteiger partial charge on any atom is 0.232 e. The van der Waals surface area contributed by atoms with Crippen molar-refractivity contribution in [3.63, 3.8) is 0 Å². The number of aliphatic imine (C=N–C) groups is 1. The lowest BCUT2D eigenvalue weighted by molar-refractivity contribution is -0.130. The summed E-state index contributed by atoms with van der Waals surface area (Å²) in [5.41, 5.74) is 9.62. The maximum atomic E-state index is 13.0. The van der Waals surface area contributed by atoms with E-state index in [1.54, 1.807) is 12.0 Å². The molecule has 0 saturated heterocycles. The second kappa shape index (κ2) is 8.03. The Balaban J connectivity index is 1.65. The van der Waals surface area contributed by atoms with Crippen molar-refractivity contribution in [1.29, 1.82) is 0 Å². The van der Waals surface area contributed by atoms with E-state index >= 15 is 0 Å². The molecule has 0 radical (unpaired) electrons. The van der Waals surface area contributed by atoms with Gasteiger partial charge in [-0.2, -0.15) is 0 Å². The Labute approximate surface area is 176 Å². The summed E-state index contributed by atoms with van der Waals surface area (Å²) in [6.45, 7) is 2.39. The predicted octanol–water partition coefficient (Wildman–Crippen LogP) is 4.32. The number of nitrogens with two attached hydrogens (primary N) is 1. The van der Waals surface area contributed by atoms with Gasteiger partial charge in [-0.25, -0.2) is 4.99 Å². The van der Waals surface area contributed by atoms with Crippen LogP contribution in [0.5, 0.6) is 5.75 Å². The minimum atomic E-state index is -0.705. The molecule has 3 aromatic rings. The van der Waals surface area contributed by atoms with Gasteiger partial charge in [0.25, 0.3) is 0 Å². The van der Waals surface area contributed by atoms with Crippen molar-refractivity contribution in [2.45, 2.75) is 25.4 Å². The highest BCUT2D eigenvalue weighted by atomic mass is 16.5. The molecule has 5 nitrogen and oxygen atoms in total. The van der Waals surface area contributed by atoms with E-state index in [1.165, 1.54) is 0 Å². The minimum Gasteiger partial charge on any atom is -0.497 e. The van der Waals surface area contributed by atoms with E-state index in [2.05, 4.69) is 6.07 Å². The first-order valence-electron chi connectivity index (χ1n) is 9.93. The number of methoxy groups -OCH3 is 1. The fourth-order valence-electron chi connectivity index (χ4n) is 3.81. The van der Waals surface area contributed by atoms with Crippen LogP contribution >= 0.6 is 0 Å². The first kappa shape index (κ1) is 19.7. The Hall–Kier alpha value is -3.60. The molecule has 1 aliphatic heterocycles. The largest absolute Gasteiger partial charge is 0.497 e. The van der Waals surface area contributed by atoms with Crippen LogP contribution in [0.25, 0.3) is 11.1 Å². The van der Waals surface area contributed by atoms with Crippen LogP contribution in [0.4, 0.5) is 0 Å². The van der Waals surface area contributed by atoms with E-state index < -0.39 is 5.54 Å². The number of carbonyl (C=O) groups excluding carboxylic acids is 1. The van der Waals surface area contributed by atoms with Crippen molar-refractivity contribution in [3.8, 4) is 16.9 Å². The third kappa shape index (κ3) is 3.92. The van der Waals surface area contributed by atoms with Crippen molar-refractivity contribution >= 4 is 11.9 Å². The maximum absolute atomic E-state index is 13.0. The molecule has 0 bridgehead atoms. The first-order valence-corrected chi connectivity index (χ1v) is 9.93. The Bertz CT molecular complexity index is 1090. The molecule has 5 heteroatoms. The van der Waals surface area contributed by atoms with Gasteiger partial charge in [0.1, 0.15) is 5.75 Å². The molecule has 0 saturated carbocycles. The van der Waals surface area contributed by atoms with E-state index in [9.17, 15) is 4.79 Å². The molecule has 1 amide bonds. The van der Waals surface area contributed by atoms with Crippen LogP contribution in [-0.2, 0) is 16.9 Å². The third-order valence-corrected chi connectivity index (χ3v) is 5.51. The monoisotopic (exact) mass is 399 g/mol. The number of amides is 1. The summed E-state index contributed by atoms with van der Waals surface area (Å²) in [6.07, 6.45) is 0.266. The average Bonchev–Trinajstić information content (AvgIpc) is 2.77. The molecule has 3 aromatic carbocycles. The van der Waals surface area contributed by atoms with Crippen molar-refractivity contribution in [1.82, 2.24) is 4.90 Å². The number of benzene rings is 3. The summed E-state index contributed by atoms with van der Waals surface area (Å²) in [7, 11) is 1.66. The Morgan fingerprint density at radius 2 is 1.70 bits per heavy atom. The van der Waals surface area contributed by atoms with Gasteiger partial charge in [0.05, 0.1) is 25.6 Å². The highest BCUT2D eigenvalue weighted by Crippen LogP contribution is 2.36. The van der Waals surface area contributed by atoms with Crippen LogP contribution in [0.1, 0.15) is 24.5 Å². The van der Waals surface area contributed by atoms with E-state index in [0.29, 0.717) is 6.54 Å². The van der Waals surface area contributed by atoms with E-state index in [-0.39, 0.29) is 18.3 Å². The lowest BCUT2D eigenvalue weighted by Gasteiger charge is -2.35. The Morgan fingerprint density at radius 1 is 1.00 bits per heavy atom. The van der Waals surface area contributed by atoms with E-state index in [1.807, 2.05) is 79.7 Å². The molecule has 30 heavy (non-hydrogen) atoms. The lowest BCUT2D eigenvalue weighted by Crippen LogP contribution is -2.49. The van der Waals surface area contributed by atoms with Crippen LogP contribution in [0.15, 0.2) is 83.9 Å². The second-order valence-corrected chi connectivity index (χ2v) is 7.70. The molecule has 1 aliphatic rings. The van der Waals surface area contributed by atoms with Gasteiger partial charge >= 0.3 is 0 Å². The standard InChI is InChI=1S/C25H25N3O2/c1-25(16-23(29)28(24(26)27-25)17-18-8-4-3-5-9-18)21-12-6-10-19(14-21)20-11-7-13-22(15-20)30-2/h3-15H,16-17H2,1-2H3,(H2,26,27). The highest BCUT2D eigenvalue weighted by Gasteiger charge is 2.37. The van der Waals surface area contributed by atoms with E-state index in [0.717, 1.165) is 28.0 Å². The summed E-state index contributed by atoms with van der Waals surface area (Å²) in [4.78, 5) is 19.3. The topological polar surface area (TPSA) is 67.9 Å². The summed E-state index contributed by atoms with van der Waals surface area (Å²) >= 11 is 0. The zero-order valence-electron chi connectivity index (χ0n) is 17.2. The van der Waals surface area contributed by atoms with Crippen molar-refractivity contribution in [2.75, 3.05) is 7.11 Å². The van der Waals surface area contributed by atoms with Gasteiger partial charge in [0.2, 0.25) is 5.91 Å². The Kier molecular flexibility index (Phi) is 5.27. The highest BCUT2D eigenvalue weighted by molar-refractivity contribution is 5.99. The third-order valence-electron chi connectivity index (χ3n) is 5.51. The van der Waals surface area contributed by atoms with Crippen LogP contribution in [0, 0.1) is 0 Å². The number of rotatable bonds is 5. The fourth-order valence-corrected chi connectivity index (χ4v) is 3.81. The smallest absolute Gasteiger partial charge is 0.232 e. The quantitative estimate of drug-likeness (QED) is 0.695. The van der Waals surface area contributed by atoms with Gasteiger partial charge < -0.3 is 10.5 Å². The van der Waals surface area contributed by atoms with Gasteiger partial charge in [-0.15, -0.1) is 0 Å². The first-order chi connectivity index (χ1) is 14.5. The summed E-state index contributed by atoms with van der Waals surface area (Å²) in [5, 5.41) is 0. The number of nitrogens with zero attached hydrogens (tertiary/aromatic N) is 2. The number of hydrogen-bond acceptors (Lipinski definition) is 4. The zero-order valence-corrected chi connectivity index (χ0v) is 17.2. The SMILES string of the molecule is COc1cccc(-c2cccc(C3(C)CC(=O)N(Cc4ccccc4)C(N)=N3)c2)c1. The van der Waals surface area contributed by atoms with E-state index in [4.69, 9.17) is 15.5 Å². The molecule has 0 aliphatic carbocycles. The molecule has 1 heterocycles. The molecular formula is C25H25N3O2. The normalized spacial score (nSPS) is 18.8. The average molecular weight is 399 g/mol. The van der Waals surface area contributed by atoms with Gasteiger partial charge in [-0.3, -0.25) is 9.69 Å². The molecule has 0 aromatic heterocycles. The lowest BCUT2D eigenvalue weighted by atomic mass is 9.86. The molecule has 4 rings (SSSR count). The van der Waals surface area contributed by atoms with Crippen LogP contribution in [0.3, 0.4) is 0 Å². The second-order valence-electron chi connectivity index (χ2n) is 7.70. The number of hydrogen-bond donors (Lipinski definition) is 1. The molecular weight excluding hydrogens is 374 g/mol. The zero-order chi connectivity index (χ0) is 21.1. The predicted molar refractivity (Wildman–Crippen MR) is 119 cm³/mol. The number of guanidine groups is 1. The van der Waals surface area contributed by atoms with Gasteiger partial charge in [-0.05, 0) is 47.4 Å². The summed E-state index contributed by atoms with van der Waals surface area (Å²) in [6, 6.07) is 25.8. The molecule has 0 fully saturated rings. The van der Waals surface area contributed by atoms with Gasteiger partial charge in [-0.1, -0.05) is 60.7 Å². The van der Waals surface area contributed by atoms with Crippen molar-refractivity contribution < 1.29 is 9.53 Å². The number of ether oxygens (including phenoxy) is 1. The molecule has 1 unspecified atom stereocenters. The van der Waals surface area contributed by atoms with Gasteiger partial charge in [0, 0.05) is 0 Å². The Morgan fingerprint density at radius 3 is 2.40 bits per heavy atom. The van der Waals surface area contributed by atoms with Crippen LogP contribution < -0.4 is 10.5 Å². The van der Waals surface area contributed by atoms with Gasteiger partial charge in [0.15, 0.2) is 5.96 Å². The molecule has 2 N–H and O–H groups in total. The summed E-state index contributed by atoms with van der Waals surface area (Å²) in [5.74, 6) is 1.03. The van der Waals surface area contributed by atoms with Crippen molar-refractivity contribution in [3.05, 3.63) is 90.0 Å². The fraction of sp³-hybridized carbons (Fsp3) is 0.200. The minimum absolute atomic E-state index is 0.0272.